The monoisotopic (exact) mass is 288 g/mol. The Morgan fingerprint density at radius 1 is 1.38 bits per heavy atom. The van der Waals surface area contributed by atoms with Gasteiger partial charge >= 0.3 is 0 Å². The molecule has 2 atom stereocenters. The molecular weight excluding hydrogens is 260 g/mol. The third-order valence-corrected chi connectivity index (χ3v) is 4.03. The molecule has 2 N–H and O–H groups in total. The summed E-state index contributed by atoms with van der Waals surface area (Å²) >= 11 is 0. The molecule has 0 spiro atoms. The van der Waals surface area contributed by atoms with Crippen LogP contribution in [0.4, 0.5) is 5.69 Å². The zero-order valence-corrected chi connectivity index (χ0v) is 13.9. The van der Waals surface area contributed by atoms with Gasteiger partial charge in [-0.1, -0.05) is 13.0 Å². The Balaban J connectivity index is 2.02. The molecule has 116 valence electrons. The van der Waals surface area contributed by atoms with Gasteiger partial charge in [-0.05, 0) is 49.4 Å². The van der Waals surface area contributed by atoms with Crippen molar-refractivity contribution in [3.63, 3.8) is 0 Å². The first-order valence-electron chi connectivity index (χ1n) is 7.83. The molecule has 0 aromatic heterocycles. The summed E-state index contributed by atoms with van der Waals surface area (Å²) in [5, 5.41) is 6.82. The van der Waals surface area contributed by atoms with Gasteiger partial charge < -0.3 is 15.5 Å². The topological polar surface area (TPSA) is 39.7 Å². The Hall–Kier alpha value is -1.71. The summed E-state index contributed by atoms with van der Waals surface area (Å²) in [6, 6.07) is 7.15. The van der Waals surface area contributed by atoms with Crippen LogP contribution in [0.25, 0.3) is 0 Å². The molecule has 1 aliphatic carbocycles. The average Bonchev–Trinajstić information content (AvgIpc) is 3.12. The number of hydrogen-bond acceptors (Lipinski definition) is 2. The van der Waals surface area contributed by atoms with Gasteiger partial charge in [0, 0.05) is 32.4 Å². The fourth-order valence-electron chi connectivity index (χ4n) is 2.32. The lowest BCUT2D eigenvalue weighted by Gasteiger charge is -2.15. The van der Waals surface area contributed by atoms with E-state index in [0.717, 1.165) is 25.0 Å². The lowest BCUT2D eigenvalue weighted by atomic mass is 10.1. The first-order chi connectivity index (χ1) is 10.0. The van der Waals surface area contributed by atoms with Crippen LogP contribution in [0.2, 0.25) is 0 Å². The number of rotatable bonds is 5. The van der Waals surface area contributed by atoms with Crippen molar-refractivity contribution in [3.8, 4) is 0 Å². The highest BCUT2D eigenvalue weighted by Crippen LogP contribution is 2.28. The second kappa shape index (κ2) is 6.83. The van der Waals surface area contributed by atoms with Crippen molar-refractivity contribution in [2.24, 2.45) is 10.9 Å². The number of benzene rings is 1. The van der Waals surface area contributed by atoms with Crippen LogP contribution in [0.15, 0.2) is 23.2 Å². The molecule has 0 heterocycles. The largest absolute Gasteiger partial charge is 0.378 e. The van der Waals surface area contributed by atoms with Crippen molar-refractivity contribution < 1.29 is 0 Å². The van der Waals surface area contributed by atoms with Gasteiger partial charge in [0.15, 0.2) is 5.96 Å². The van der Waals surface area contributed by atoms with Crippen LogP contribution in [0.3, 0.4) is 0 Å². The van der Waals surface area contributed by atoms with E-state index in [1.54, 1.807) is 0 Å². The number of hydrogen-bond donors (Lipinski definition) is 2. The number of nitrogens with one attached hydrogen (secondary N) is 2. The Labute approximate surface area is 128 Å². The van der Waals surface area contributed by atoms with E-state index in [2.05, 4.69) is 68.6 Å². The molecule has 2 rings (SSSR count). The summed E-state index contributed by atoms with van der Waals surface area (Å²) in [4.78, 5) is 6.84. The first kappa shape index (κ1) is 15.7. The predicted octanol–water partition coefficient (Wildman–Crippen LogP) is 2.52. The Morgan fingerprint density at radius 3 is 2.62 bits per heavy atom. The summed E-state index contributed by atoms with van der Waals surface area (Å²) in [7, 11) is 4.13. The van der Waals surface area contributed by atoms with Crippen molar-refractivity contribution in [1.29, 1.82) is 0 Å². The third-order valence-electron chi connectivity index (χ3n) is 4.03. The Morgan fingerprint density at radius 2 is 2.10 bits per heavy atom. The van der Waals surface area contributed by atoms with E-state index in [1.165, 1.54) is 23.2 Å². The highest BCUT2D eigenvalue weighted by molar-refractivity contribution is 5.80. The Kier molecular flexibility index (Phi) is 5.10. The van der Waals surface area contributed by atoms with E-state index in [0.29, 0.717) is 6.04 Å². The van der Waals surface area contributed by atoms with Crippen molar-refractivity contribution >= 4 is 11.6 Å². The summed E-state index contributed by atoms with van der Waals surface area (Å²) in [5.74, 6) is 1.71. The minimum atomic E-state index is 0.597. The second-order valence-corrected chi connectivity index (χ2v) is 6.16. The summed E-state index contributed by atoms with van der Waals surface area (Å²) in [6.45, 7) is 8.14. The molecule has 0 amide bonds. The number of anilines is 1. The molecule has 1 fully saturated rings. The maximum absolute atomic E-state index is 4.71. The van der Waals surface area contributed by atoms with Gasteiger partial charge in [-0.3, -0.25) is 0 Å². The standard InChI is InChI=1S/C17H28N4/c1-6-18-17(20-16-10-13(16)3)19-11-14-7-8-15(21(4)5)9-12(14)2/h7-9,13,16H,6,10-11H2,1-5H3,(H2,18,19,20). The van der Waals surface area contributed by atoms with Crippen LogP contribution in [0.5, 0.6) is 0 Å². The molecular formula is C17H28N4. The molecule has 4 nitrogen and oxygen atoms in total. The van der Waals surface area contributed by atoms with Gasteiger partial charge in [0.05, 0.1) is 6.54 Å². The van der Waals surface area contributed by atoms with Crippen LogP contribution in [0.1, 0.15) is 31.4 Å². The third kappa shape index (κ3) is 4.38. The van der Waals surface area contributed by atoms with E-state index in [9.17, 15) is 0 Å². The van der Waals surface area contributed by atoms with E-state index in [-0.39, 0.29) is 0 Å². The number of nitrogens with zero attached hydrogens (tertiary/aromatic N) is 2. The minimum Gasteiger partial charge on any atom is -0.378 e. The number of guanidine groups is 1. The molecule has 0 bridgehead atoms. The highest BCUT2D eigenvalue weighted by Gasteiger charge is 2.33. The van der Waals surface area contributed by atoms with Crippen LogP contribution in [-0.2, 0) is 6.54 Å². The number of aryl methyl sites for hydroxylation is 1. The van der Waals surface area contributed by atoms with Crippen molar-refractivity contribution in [1.82, 2.24) is 10.6 Å². The minimum absolute atomic E-state index is 0.597. The molecule has 1 aromatic carbocycles. The maximum atomic E-state index is 4.71. The predicted molar refractivity (Wildman–Crippen MR) is 91.0 cm³/mol. The zero-order chi connectivity index (χ0) is 15.4. The SMILES string of the molecule is CCNC(=NCc1ccc(N(C)C)cc1C)NC1CC1C. The average molecular weight is 288 g/mol. The van der Waals surface area contributed by atoms with Crippen LogP contribution in [-0.4, -0.2) is 32.6 Å². The number of aliphatic imine (C=N–C) groups is 1. The quantitative estimate of drug-likeness (QED) is 0.646. The molecule has 1 aliphatic rings. The van der Waals surface area contributed by atoms with E-state index < -0.39 is 0 Å². The fourth-order valence-corrected chi connectivity index (χ4v) is 2.32. The van der Waals surface area contributed by atoms with E-state index in [1.807, 2.05) is 0 Å². The zero-order valence-electron chi connectivity index (χ0n) is 13.9. The van der Waals surface area contributed by atoms with Crippen LogP contribution < -0.4 is 15.5 Å². The molecule has 0 aliphatic heterocycles. The lowest BCUT2D eigenvalue weighted by Crippen LogP contribution is -2.39. The van der Waals surface area contributed by atoms with E-state index in [4.69, 9.17) is 4.99 Å². The normalized spacial score (nSPS) is 21.1. The van der Waals surface area contributed by atoms with Crippen LogP contribution in [0, 0.1) is 12.8 Å². The highest BCUT2D eigenvalue weighted by atomic mass is 15.2. The molecule has 0 radical (unpaired) electrons. The van der Waals surface area contributed by atoms with Crippen LogP contribution >= 0.6 is 0 Å². The molecule has 4 heteroatoms. The van der Waals surface area contributed by atoms with Gasteiger partial charge in [-0.25, -0.2) is 4.99 Å². The molecule has 2 unspecified atom stereocenters. The lowest BCUT2D eigenvalue weighted by molar-refractivity contribution is 0.766. The summed E-state index contributed by atoms with van der Waals surface area (Å²) < 4.78 is 0. The molecule has 1 aromatic rings. The summed E-state index contributed by atoms with van der Waals surface area (Å²) in [5.41, 5.74) is 3.80. The molecule has 21 heavy (non-hydrogen) atoms. The second-order valence-electron chi connectivity index (χ2n) is 6.16. The molecule has 1 saturated carbocycles. The van der Waals surface area contributed by atoms with Crippen molar-refractivity contribution in [3.05, 3.63) is 29.3 Å². The van der Waals surface area contributed by atoms with Gasteiger partial charge in [-0.2, -0.15) is 0 Å². The van der Waals surface area contributed by atoms with Crippen molar-refractivity contribution in [2.45, 2.75) is 39.8 Å². The smallest absolute Gasteiger partial charge is 0.191 e. The summed E-state index contributed by atoms with van der Waals surface area (Å²) in [6.07, 6.45) is 1.25. The van der Waals surface area contributed by atoms with Gasteiger partial charge in [0.1, 0.15) is 0 Å². The fraction of sp³-hybridized carbons (Fsp3) is 0.588. The van der Waals surface area contributed by atoms with Gasteiger partial charge in [-0.15, -0.1) is 0 Å². The first-order valence-corrected chi connectivity index (χ1v) is 7.83. The van der Waals surface area contributed by atoms with Gasteiger partial charge in [0.25, 0.3) is 0 Å². The van der Waals surface area contributed by atoms with Gasteiger partial charge in [0.2, 0.25) is 0 Å². The molecule has 0 saturated heterocycles. The van der Waals surface area contributed by atoms with E-state index >= 15 is 0 Å². The van der Waals surface area contributed by atoms with Crippen molar-refractivity contribution in [2.75, 3.05) is 25.5 Å². The Bertz CT molecular complexity index is 508. The maximum Gasteiger partial charge on any atom is 0.191 e.